The van der Waals surface area contributed by atoms with E-state index in [1.54, 1.807) is 25.1 Å². The SMILES string of the molecule is CC(=O)OCCN(CCOC(C)=O)c1ccc(N=Nc2sc([N+](=O)[O-])cc2[N+](=O)[O-])c(C)c1. The Morgan fingerprint density at radius 2 is 1.61 bits per heavy atom. The first-order valence-electron chi connectivity index (χ1n) is 9.55. The zero-order valence-electron chi connectivity index (χ0n) is 18.0. The molecular formula is C19H21N5O8S. The summed E-state index contributed by atoms with van der Waals surface area (Å²) < 4.78 is 9.98. The lowest BCUT2D eigenvalue weighted by Gasteiger charge is -2.25. The maximum absolute atomic E-state index is 11.1. The van der Waals surface area contributed by atoms with Crippen LogP contribution in [0.1, 0.15) is 19.4 Å². The summed E-state index contributed by atoms with van der Waals surface area (Å²) in [5.74, 6) is -0.824. The highest BCUT2D eigenvalue weighted by Crippen LogP contribution is 2.42. The molecule has 0 radical (unpaired) electrons. The average molecular weight is 479 g/mol. The van der Waals surface area contributed by atoms with Gasteiger partial charge in [-0.3, -0.25) is 29.8 Å². The molecule has 0 aliphatic carbocycles. The molecule has 0 atom stereocenters. The minimum atomic E-state index is -0.752. The van der Waals surface area contributed by atoms with E-state index in [-0.39, 0.29) is 18.2 Å². The van der Waals surface area contributed by atoms with Crippen LogP contribution in [0.4, 0.5) is 27.1 Å². The summed E-state index contributed by atoms with van der Waals surface area (Å²) in [6, 6.07) is 5.97. The highest BCUT2D eigenvalue weighted by molar-refractivity contribution is 7.19. The number of ether oxygens (including phenoxy) is 2. The van der Waals surface area contributed by atoms with Crippen LogP contribution in [0.5, 0.6) is 0 Å². The Balaban J connectivity index is 2.23. The maximum Gasteiger partial charge on any atom is 0.333 e. The van der Waals surface area contributed by atoms with E-state index in [0.29, 0.717) is 35.7 Å². The van der Waals surface area contributed by atoms with Gasteiger partial charge in [-0.25, -0.2) is 0 Å². The van der Waals surface area contributed by atoms with Crippen molar-refractivity contribution in [2.75, 3.05) is 31.2 Å². The number of azo groups is 1. The third kappa shape index (κ3) is 7.60. The smallest absolute Gasteiger partial charge is 0.333 e. The Morgan fingerprint density at radius 1 is 1.00 bits per heavy atom. The van der Waals surface area contributed by atoms with Crippen LogP contribution in [-0.2, 0) is 19.1 Å². The van der Waals surface area contributed by atoms with Crippen molar-refractivity contribution < 1.29 is 28.9 Å². The third-order valence-electron chi connectivity index (χ3n) is 4.18. The van der Waals surface area contributed by atoms with Crippen LogP contribution in [0.3, 0.4) is 0 Å². The lowest BCUT2D eigenvalue weighted by molar-refractivity contribution is -0.389. The van der Waals surface area contributed by atoms with Crippen molar-refractivity contribution in [1.82, 2.24) is 0 Å². The molecule has 0 fully saturated rings. The fraction of sp³-hybridized carbons (Fsp3) is 0.368. The number of hydrogen-bond acceptors (Lipinski definition) is 12. The van der Waals surface area contributed by atoms with Crippen molar-refractivity contribution in [1.29, 1.82) is 0 Å². The van der Waals surface area contributed by atoms with Crippen LogP contribution in [0.2, 0.25) is 0 Å². The van der Waals surface area contributed by atoms with Gasteiger partial charge in [-0.2, -0.15) is 0 Å². The Hall–Kier alpha value is -3.94. The normalized spacial score (nSPS) is 10.8. The first-order chi connectivity index (χ1) is 15.6. The lowest BCUT2D eigenvalue weighted by Crippen LogP contribution is -2.31. The number of carbonyl (C=O) groups is 2. The number of aryl methyl sites for hydroxylation is 1. The van der Waals surface area contributed by atoms with Crippen molar-refractivity contribution in [2.45, 2.75) is 20.8 Å². The summed E-state index contributed by atoms with van der Waals surface area (Å²) in [6.45, 7) is 5.34. The predicted molar refractivity (Wildman–Crippen MR) is 118 cm³/mol. The average Bonchev–Trinajstić information content (AvgIpc) is 3.16. The van der Waals surface area contributed by atoms with Gasteiger partial charge in [0.05, 0.1) is 28.6 Å². The summed E-state index contributed by atoms with van der Waals surface area (Å²) >= 11 is 0.560. The number of nitrogens with zero attached hydrogens (tertiary/aromatic N) is 5. The number of esters is 2. The number of nitro groups is 2. The first-order valence-corrected chi connectivity index (χ1v) is 10.4. The molecule has 0 amide bonds. The molecule has 2 aromatic rings. The van der Waals surface area contributed by atoms with Crippen molar-refractivity contribution in [3.8, 4) is 0 Å². The summed E-state index contributed by atoms with van der Waals surface area (Å²) in [6.07, 6.45) is 0. The maximum atomic E-state index is 11.1. The molecule has 0 saturated heterocycles. The topological polar surface area (TPSA) is 167 Å². The summed E-state index contributed by atoms with van der Waals surface area (Å²) in [4.78, 5) is 44.5. The molecule has 0 N–H and O–H groups in total. The largest absolute Gasteiger partial charge is 0.464 e. The van der Waals surface area contributed by atoms with E-state index >= 15 is 0 Å². The summed E-state index contributed by atoms with van der Waals surface area (Å²) in [5, 5.41) is 29.3. The number of benzene rings is 1. The van der Waals surface area contributed by atoms with Gasteiger partial charge in [-0.15, -0.1) is 10.2 Å². The van der Waals surface area contributed by atoms with Crippen LogP contribution in [0, 0.1) is 27.2 Å². The van der Waals surface area contributed by atoms with Gasteiger partial charge >= 0.3 is 22.6 Å². The highest BCUT2D eigenvalue weighted by atomic mass is 32.1. The Labute approximate surface area is 191 Å². The minimum absolute atomic E-state index is 0.136. The molecule has 33 heavy (non-hydrogen) atoms. The molecule has 0 bridgehead atoms. The second-order valence-corrected chi connectivity index (χ2v) is 7.64. The van der Waals surface area contributed by atoms with Gasteiger partial charge in [0.15, 0.2) is 0 Å². The van der Waals surface area contributed by atoms with Gasteiger partial charge < -0.3 is 14.4 Å². The molecular weight excluding hydrogens is 458 g/mol. The van der Waals surface area contributed by atoms with Crippen LogP contribution >= 0.6 is 11.3 Å². The zero-order chi connectivity index (χ0) is 24.5. The highest BCUT2D eigenvalue weighted by Gasteiger charge is 2.25. The molecule has 0 saturated carbocycles. The lowest BCUT2D eigenvalue weighted by atomic mass is 10.1. The number of anilines is 1. The molecule has 1 heterocycles. The minimum Gasteiger partial charge on any atom is -0.464 e. The monoisotopic (exact) mass is 479 g/mol. The van der Waals surface area contributed by atoms with Crippen molar-refractivity contribution in [3.05, 3.63) is 50.1 Å². The summed E-state index contributed by atoms with van der Waals surface area (Å²) in [5.41, 5.74) is 1.33. The van der Waals surface area contributed by atoms with E-state index < -0.39 is 32.5 Å². The number of thiophene rings is 1. The van der Waals surface area contributed by atoms with Crippen molar-refractivity contribution in [3.63, 3.8) is 0 Å². The fourth-order valence-electron chi connectivity index (χ4n) is 2.67. The second kappa shape index (κ2) is 11.6. The van der Waals surface area contributed by atoms with E-state index in [0.717, 1.165) is 11.8 Å². The molecule has 0 aliphatic heterocycles. The number of carbonyl (C=O) groups excluding carboxylic acids is 2. The summed E-state index contributed by atoms with van der Waals surface area (Å²) in [7, 11) is 0. The van der Waals surface area contributed by atoms with Gasteiger partial charge in [0.2, 0.25) is 5.00 Å². The van der Waals surface area contributed by atoms with E-state index in [2.05, 4.69) is 10.2 Å². The Kier molecular flexibility index (Phi) is 8.91. The molecule has 0 aliphatic rings. The van der Waals surface area contributed by atoms with E-state index in [1.807, 2.05) is 4.90 Å². The quantitative estimate of drug-likeness (QED) is 0.198. The van der Waals surface area contributed by atoms with E-state index in [4.69, 9.17) is 9.47 Å². The first kappa shape index (κ1) is 25.3. The van der Waals surface area contributed by atoms with Gasteiger partial charge in [0.25, 0.3) is 0 Å². The number of rotatable bonds is 11. The zero-order valence-corrected chi connectivity index (χ0v) is 18.9. The van der Waals surface area contributed by atoms with Gasteiger partial charge in [0.1, 0.15) is 19.3 Å². The molecule has 0 spiro atoms. The fourth-order valence-corrected chi connectivity index (χ4v) is 3.43. The van der Waals surface area contributed by atoms with Gasteiger partial charge in [-0.1, -0.05) is 0 Å². The van der Waals surface area contributed by atoms with Crippen LogP contribution in [0.15, 0.2) is 34.5 Å². The molecule has 13 nitrogen and oxygen atoms in total. The predicted octanol–water partition coefficient (Wildman–Crippen LogP) is 4.22. The molecule has 0 unspecified atom stereocenters. The van der Waals surface area contributed by atoms with Crippen LogP contribution < -0.4 is 4.90 Å². The second-order valence-electron chi connectivity index (χ2n) is 6.63. The molecule has 14 heteroatoms. The van der Waals surface area contributed by atoms with Crippen LogP contribution in [0.25, 0.3) is 0 Å². The standard InChI is InChI=1S/C19H21N5O8S/c1-12-10-15(22(6-8-31-13(2)25)7-9-32-14(3)26)4-5-16(12)20-21-19-17(23(27)28)11-18(33-19)24(29)30/h4-5,10-11H,6-9H2,1-3H3. The number of hydrogen-bond donors (Lipinski definition) is 0. The third-order valence-corrected chi connectivity index (χ3v) is 5.14. The van der Waals surface area contributed by atoms with Crippen molar-refractivity contribution >= 4 is 50.3 Å². The van der Waals surface area contributed by atoms with Gasteiger partial charge in [-0.05, 0) is 42.0 Å². The van der Waals surface area contributed by atoms with E-state index in [9.17, 15) is 29.8 Å². The molecule has 176 valence electrons. The van der Waals surface area contributed by atoms with Crippen molar-refractivity contribution in [2.24, 2.45) is 10.2 Å². The van der Waals surface area contributed by atoms with E-state index in [1.165, 1.54) is 13.8 Å². The Bertz CT molecular complexity index is 1060. The van der Waals surface area contributed by atoms with Crippen LogP contribution in [-0.4, -0.2) is 48.1 Å². The molecule has 1 aromatic heterocycles. The van der Waals surface area contributed by atoms with Gasteiger partial charge in [0, 0.05) is 19.5 Å². The Morgan fingerprint density at radius 3 is 2.09 bits per heavy atom. The molecule has 1 aromatic carbocycles. The molecule has 2 rings (SSSR count).